The van der Waals surface area contributed by atoms with Gasteiger partial charge in [-0.3, -0.25) is 0 Å². The van der Waals surface area contributed by atoms with E-state index in [1.807, 2.05) is 12.1 Å². The van der Waals surface area contributed by atoms with Crippen molar-refractivity contribution < 1.29 is 0 Å². The van der Waals surface area contributed by atoms with Crippen molar-refractivity contribution in [3.8, 4) is 0 Å². The number of nitrogens with zero attached hydrogens (tertiary/aromatic N) is 1. The highest BCUT2D eigenvalue weighted by molar-refractivity contribution is 7.80. The van der Waals surface area contributed by atoms with Crippen LogP contribution in [0.15, 0.2) is 18.3 Å². The molecular formula is C12H19N3S. The Morgan fingerprint density at radius 1 is 1.44 bits per heavy atom. The van der Waals surface area contributed by atoms with Crippen LogP contribution in [0.25, 0.3) is 0 Å². The molecular weight excluding hydrogens is 218 g/mol. The van der Waals surface area contributed by atoms with Crippen LogP contribution in [-0.4, -0.2) is 16.5 Å². The molecule has 0 aliphatic carbocycles. The predicted octanol–water partition coefficient (Wildman–Crippen LogP) is 2.71. The average molecular weight is 237 g/mol. The Balaban J connectivity index is 2.36. The van der Waals surface area contributed by atoms with Gasteiger partial charge in [-0.05, 0) is 18.6 Å². The number of nitrogens with one attached hydrogen (secondary N) is 1. The summed E-state index contributed by atoms with van der Waals surface area (Å²) in [4.78, 5) is 4.63. The van der Waals surface area contributed by atoms with E-state index in [1.54, 1.807) is 6.20 Å². The van der Waals surface area contributed by atoms with E-state index in [0.717, 1.165) is 17.9 Å². The third-order valence-corrected chi connectivity index (χ3v) is 2.62. The SMILES string of the molecule is CCCCCCNc1cc(C(N)=S)ccn1. The molecule has 1 heterocycles. The minimum Gasteiger partial charge on any atom is -0.389 e. The third-order valence-electron chi connectivity index (χ3n) is 2.38. The maximum absolute atomic E-state index is 5.55. The van der Waals surface area contributed by atoms with Crippen molar-refractivity contribution in [2.45, 2.75) is 32.6 Å². The van der Waals surface area contributed by atoms with Gasteiger partial charge in [-0.25, -0.2) is 4.98 Å². The van der Waals surface area contributed by atoms with E-state index in [1.165, 1.54) is 25.7 Å². The van der Waals surface area contributed by atoms with Crippen molar-refractivity contribution in [2.75, 3.05) is 11.9 Å². The molecule has 0 aliphatic rings. The van der Waals surface area contributed by atoms with Crippen LogP contribution in [0.2, 0.25) is 0 Å². The Kier molecular flexibility index (Phi) is 5.78. The van der Waals surface area contributed by atoms with E-state index in [2.05, 4.69) is 17.2 Å². The summed E-state index contributed by atoms with van der Waals surface area (Å²) in [5.41, 5.74) is 6.41. The van der Waals surface area contributed by atoms with Crippen molar-refractivity contribution in [3.05, 3.63) is 23.9 Å². The van der Waals surface area contributed by atoms with Crippen LogP contribution in [0.4, 0.5) is 5.82 Å². The molecule has 1 aromatic rings. The lowest BCUT2D eigenvalue weighted by molar-refractivity contribution is 0.684. The van der Waals surface area contributed by atoms with Gasteiger partial charge in [0.15, 0.2) is 0 Å². The quantitative estimate of drug-likeness (QED) is 0.565. The summed E-state index contributed by atoms with van der Waals surface area (Å²) >= 11 is 4.91. The van der Waals surface area contributed by atoms with Crippen LogP contribution in [0.5, 0.6) is 0 Å². The molecule has 0 saturated heterocycles. The predicted molar refractivity (Wildman–Crippen MR) is 72.8 cm³/mol. The normalized spacial score (nSPS) is 10.1. The summed E-state index contributed by atoms with van der Waals surface area (Å²) in [6.45, 7) is 3.16. The molecule has 0 bridgehead atoms. The zero-order valence-electron chi connectivity index (χ0n) is 9.70. The van der Waals surface area contributed by atoms with E-state index in [9.17, 15) is 0 Å². The van der Waals surface area contributed by atoms with Gasteiger partial charge >= 0.3 is 0 Å². The number of anilines is 1. The molecule has 3 nitrogen and oxygen atoms in total. The molecule has 0 atom stereocenters. The van der Waals surface area contributed by atoms with Crippen LogP contribution in [-0.2, 0) is 0 Å². The average Bonchev–Trinajstić information content (AvgIpc) is 2.29. The molecule has 88 valence electrons. The summed E-state index contributed by atoms with van der Waals surface area (Å²) in [5, 5.41) is 3.27. The molecule has 0 unspecified atom stereocenters. The van der Waals surface area contributed by atoms with Gasteiger partial charge in [-0.15, -0.1) is 0 Å². The van der Waals surface area contributed by atoms with Crippen molar-refractivity contribution >= 4 is 23.0 Å². The van der Waals surface area contributed by atoms with Gasteiger partial charge in [0.05, 0.1) is 0 Å². The molecule has 0 spiro atoms. The number of unbranched alkanes of at least 4 members (excludes halogenated alkanes) is 3. The minimum atomic E-state index is 0.413. The summed E-state index contributed by atoms with van der Waals surface area (Å²) in [5.74, 6) is 0.849. The highest BCUT2D eigenvalue weighted by Crippen LogP contribution is 2.07. The molecule has 0 saturated carbocycles. The van der Waals surface area contributed by atoms with Crippen molar-refractivity contribution in [3.63, 3.8) is 0 Å². The van der Waals surface area contributed by atoms with Crippen LogP contribution in [0.3, 0.4) is 0 Å². The Hall–Kier alpha value is -1.16. The number of aromatic nitrogens is 1. The fourth-order valence-electron chi connectivity index (χ4n) is 1.45. The lowest BCUT2D eigenvalue weighted by Gasteiger charge is -2.06. The van der Waals surface area contributed by atoms with Gasteiger partial charge in [-0.1, -0.05) is 38.4 Å². The molecule has 0 aliphatic heterocycles. The van der Waals surface area contributed by atoms with Crippen molar-refractivity contribution in [1.29, 1.82) is 0 Å². The number of rotatable bonds is 7. The molecule has 16 heavy (non-hydrogen) atoms. The minimum absolute atomic E-state index is 0.413. The Morgan fingerprint density at radius 2 is 2.25 bits per heavy atom. The van der Waals surface area contributed by atoms with E-state index >= 15 is 0 Å². The van der Waals surface area contributed by atoms with Crippen molar-refractivity contribution in [2.24, 2.45) is 5.73 Å². The zero-order chi connectivity index (χ0) is 11.8. The van der Waals surface area contributed by atoms with Crippen LogP contribution in [0, 0.1) is 0 Å². The summed E-state index contributed by atoms with van der Waals surface area (Å²) in [7, 11) is 0. The first-order valence-corrected chi connectivity index (χ1v) is 6.14. The van der Waals surface area contributed by atoms with E-state index < -0.39 is 0 Å². The first-order chi connectivity index (χ1) is 7.74. The molecule has 1 aromatic heterocycles. The Labute approximate surface area is 102 Å². The van der Waals surface area contributed by atoms with E-state index in [-0.39, 0.29) is 0 Å². The van der Waals surface area contributed by atoms with Gasteiger partial charge in [0.25, 0.3) is 0 Å². The van der Waals surface area contributed by atoms with Crippen LogP contribution < -0.4 is 11.1 Å². The highest BCUT2D eigenvalue weighted by atomic mass is 32.1. The molecule has 0 amide bonds. The first kappa shape index (κ1) is 12.9. The van der Waals surface area contributed by atoms with Gasteiger partial charge in [0, 0.05) is 18.3 Å². The summed E-state index contributed by atoms with van der Waals surface area (Å²) in [6, 6.07) is 3.72. The van der Waals surface area contributed by atoms with Gasteiger partial charge in [0.2, 0.25) is 0 Å². The molecule has 0 radical (unpaired) electrons. The van der Waals surface area contributed by atoms with E-state index in [0.29, 0.717) is 4.99 Å². The number of pyridine rings is 1. The highest BCUT2D eigenvalue weighted by Gasteiger charge is 1.98. The largest absolute Gasteiger partial charge is 0.389 e. The monoisotopic (exact) mass is 237 g/mol. The smallest absolute Gasteiger partial charge is 0.126 e. The maximum Gasteiger partial charge on any atom is 0.126 e. The van der Waals surface area contributed by atoms with Gasteiger partial charge in [0.1, 0.15) is 10.8 Å². The second kappa shape index (κ2) is 7.17. The number of hydrogen-bond donors (Lipinski definition) is 2. The van der Waals surface area contributed by atoms with Gasteiger partial charge < -0.3 is 11.1 Å². The van der Waals surface area contributed by atoms with E-state index in [4.69, 9.17) is 18.0 Å². The summed E-state index contributed by atoms with van der Waals surface area (Å²) in [6.07, 6.45) is 6.71. The fraction of sp³-hybridized carbons (Fsp3) is 0.500. The van der Waals surface area contributed by atoms with Crippen LogP contribution >= 0.6 is 12.2 Å². The topological polar surface area (TPSA) is 50.9 Å². The second-order valence-corrected chi connectivity index (χ2v) is 4.22. The molecule has 3 N–H and O–H groups in total. The molecule has 0 fully saturated rings. The first-order valence-electron chi connectivity index (χ1n) is 5.73. The molecule has 1 rings (SSSR count). The fourth-order valence-corrected chi connectivity index (χ4v) is 1.58. The van der Waals surface area contributed by atoms with Crippen LogP contribution in [0.1, 0.15) is 38.2 Å². The zero-order valence-corrected chi connectivity index (χ0v) is 10.5. The molecule has 0 aromatic carbocycles. The lowest BCUT2D eigenvalue weighted by atomic mass is 10.2. The number of nitrogens with two attached hydrogens (primary N) is 1. The molecule has 4 heteroatoms. The standard InChI is InChI=1S/C12H19N3S/c1-2-3-4-5-7-14-11-9-10(12(13)16)6-8-15-11/h6,8-9H,2-5,7H2,1H3,(H2,13,16)(H,14,15). The third kappa shape index (κ3) is 4.57. The summed E-state index contributed by atoms with van der Waals surface area (Å²) < 4.78 is 0. The second-order valence-electron chi connectivity index (χ2n) is 3.78. The maximum atomic E-state index is 5.55. The Morgan fingerprint density at radius 3 is 2.94 bits per heavy atom. The lowest BCUT2D eigenvalue weighted by Crippen LogP contribution is -2.11. The Bertz CT molecular complexity index is 339. The van der Waals surface area contributed by atoms with Gasteiger partial charge in [-0.2, -0.15) is 0 Å². The number of hydrogen-bond acceptors (Lipinski definition) is 3. The number of thiocarbonyl (C=S) groups is 1. The van der Waals surface area contributed by atoms with Crippen molar-refractivity contribution in [1.82, 2.24) is 4.98 Å².